The molecule has 1 aliphatic heterocycles. The van der Waals surface area contributed by atoms with Gasteiger partial charge in [0.2, 0.25) is 0 Å². The van der Waals surface area contributed by atoms with Gasteiger partial charge < -0.3 is 0 Å². The van der Waals surface area contributed by atoms with Crippen LogP contribution in [0.2, 0.25) is 0 Å². The predicted molar refractivity (Wildman–Crippen MR) is 43.3 cm³/mol. The Morgan fingerprint density at radius 3 is 3.09 bits per heavy atom. The molecule has 2 nitrogen and oxygen atoms in total. The van der Waals surface area contributed by atoms with Crippen molar-refractivity contribution in [2.24, 2.45) is 0 Å². The van der Waals surface area contributed by atoms with Crippen LogP contribution >= 0.6 is 11.6 Å². The fourth-order valence-corrected chi connectivity index (χ4v) is 1.19. The van der Waals surface area contributed by atoms with Gasteiger partial charge in [0, 0.05) is 17.8 Å². The van der Waals surface area contributed by atoms with E-state index in [0.717, 1.165) is 11.3 Å². The van der Waals surface area contributed by atoms with E-state index in [4.69, 9.17) is 11.6 Å². The van der Waals surface area contributed by atoms with Crippen LogP contribution in [-0.4, -0.2) is 4.98 Å². The van der Waals surface area contributed by atoms with E-state index in [1.165, 1.54) is 0 Å². The Morgan fingerprint density at radius 2 is 2.36 bits per heavy atom. The lowest BCUT2D eigenvalue weighted by molar-refractivity contribution is 1.03. The summed E-state index contributed by atoms with van der Waals surface area (Å²) in [4.78, 5) is 4.01. The summed E-state index contributed by atoms with van der Waals surface area (Å²) in [5.41, 5.74) is 1.71. The molecule has 0 unspecified atom stereocenters. The second-order valence-corrected chi connectivity index (χ2v) is 2.70. The Kier molecular flexibility index (Phi) is 1.36. The molecule has 0 N–H and O–H groups in total. The summed E-state index contributed by atoms with van der Waals surface area (Å²) in [6, 6.07) is 4.65. The summed E-state index contributed by atoms with van der Waals surface area (Å²) in [6.07, 6.45) is 1.59. The molecule has 0 bridgehead atoms. The molecule has 0 spiro atoms. The molecule has 0 atom stereocenters. The smallest absolute Gasteiger partial charge is 0.161 e. The second kappa shape index (κ2) is 2.24. The molecule has 1 aliphatic rings. The van der Waals surface area contributed by atoms with Crippen molar-refractivity contribution in [3.8, 4) is 0 Å². The van der Waals surface area contributed by atoms with Gasteiger partial charge in [0.25, 0.3) is 0 Å². The first-order chi connectivity index (χ1) is 5.29. The summed E-state index contributed by atoms with van der Waals surface area (Å²) < 4.78 is 0. The van der Waals surface area contributed by atoms with Crippen LogP contribution in [0.1, 0.15) is 12.5 Å². The molecule has 2 rings (SSSR count). The zero-order valence-corrected chi connectivity index (χ0v) is 6.68. The van der Waals surface area contributed by atoms with Crippen LogP contribution in [0.25, 0.3) is 5.03 Å². The molecule has 54 valence electrons. The van der Waals surface area contributed by atoms with Gasteiger partial charge >= 0.3 is 0 Å². The van der Waals surface area contributed by atoms with E-state index in [9.17, 15) is 0 Å². The van der Waals surface area contributed by atoms with Crippen LogP contribution in [-0.2, 0) is 0 Å². The average molecular weight is 165 g/mol. The van der Waals surface area contributed by atoms with Crippen molar-refractivity contribution in [1.29, 1.82) is 0 Å². The van der Waals surface area contributed by atoms with E-state index < -0.39 is 0 Å². The van der Waals surface area contributed by atoms with Crippen molar-refractivity contribution in [2.75, 3.05) is 0 Å². The second-order valence-electron chi connectivity index (χ2n) is 2.32. The van der Waals surface area contributed by atoms with E-state index in [1.54, 1.807) is 12.3 Å². The zero-order valence-electron chi connectivity index (χ0n) is 5.93. The van der Waals surface area contributed by atoms with Gasteiger partial charge in [-0.25, -0.2) is 10.3 Å². The van der Waals surface area contributed by atoms with Crippen LogP contribution in [0.4, 0.5) is 5.82 Å². The van der Waals surface area contributed by atoms with Gasteiger partial charge in [-0.1, -0.05) is 11.6 Å². The molecule has 2 heterocycles. The third kappa shape index (κ3) is 0.906. The third-order valence-corrected chi connectivity index (χ3v) is 2.03. The Balaban J connectivity index is 2.60. The lowest BCUT2D eigenvalue weighted by Crippen LogP contribution is -1.89. The van der Waals surface area contributed by atoms with Crippen molar-refractivity contribution in [3.05, 3.63) is 29.6 Å². The van der Waals surface area contributed by atoms with Crippen LogP contribution < -0.4 is 5.32 Å². The molecule has 2 radical (unpaired) electrons. The van der Waals surface area contributed by atoms with Crippen molar-refractivity contribution in [2.45, 2.75) is 6.92 Å². The Morgan fingerprint density at radius 1 is 1.55 bits per heavy atom. The normalized spacial score (nSPS) is 14.7. The molecule has 3 heteroatoms. The Labute approximate surface area is 69.9 Å². The van der Waals surface area contributed by atoms with Crippen molar-refractivity contribution in [1.82, 2.24) is 10.3 Å². The maximum Gasteiger partial charge on any atom is 0.161 e. The van der Waals surface area contributed by atoms with Gasteiger partial charge in [-0.3, -0.25) is 0 Å². The van der Waals surface area contributed by atoms with Crippen LogP contribution in [0.5, 0.6) is 0 Å². The number of hydrogen-bond acceptors (Lipinski definition) is 1. The lowest BCUT2D eigenvalue weighted by atomic mass is 10.2. The van der Waals surface area contributed by atoms with E-state index in [2.05, 4.69) is 16.4 Å². The molecular formula is C8H5ClN2. The SMILES string of the molecule is CC1=C(Cl)c2c[c]cnc2[N]1. The summed E-state index contributed by atoms with van der Waals surface area (Å²) in [7, 11) is 0. The highest BCUT2D eigenvalue weighted by Gasteiger charge is 2.18. The van der Waals surface area contributed by atoms with Gasteiger partial charge in [0.1, 0.15) is 0 Å². The maximum atomic E-state index is 5.92. The summed E-state index contributed by atoms with van der Waals surface area (Å²) in [6.45, 7) is 1.87. The standard InChI is InChI=1S/C8H5ClN2/c1-5-7(9)6-3-2-4-10-8(6)11-5/h3-4H,1H3. The first-order valence-electron chi connectivity index (χ1n) is 3.23. The summed E-state index contributed by atoms with van der Waals surface area (Å²) >= 11 is 5.92. The maximum absolute atomic E-state index is 5.92. The van der Waals surface area contributed by atoms with Crippen molar-refractivity contribution in [3.63, 3.8) is 0 Å². The average Bonchev–Trinajstić information content (AvgIpc) is 2.30. The van der Waals surface area contributed by atoms with Gasteiger partial charge in [-0.15, -0.1) is 0 Å². The molecule has 1 aromatic rings. The number of halogens is 1. The van der Waals surface area contributed by atoms with Crippen molar-refractivity contribution >= 4 is 22.5 Å². The predicted octanol–water partition coefficient (Wildman–Crippen LogP) is 2.06. The van der Waals surface area contributed by atoms with E-state index >= 15 is 0 Å². The largest absolute Gasteiger partial charge is 0.236 e. The van der Waals surface area contributed by atoms with Crippen LogP contribution in [0.15, 0.2) is 18.0 Å². The molecule has 0 amide bonds. The number of aromatic nitrogens is 1. The minimum absolute atomic E-state index is 0.685. The fourth-order valence-electron chi connectivity index (χ4n) is 1.01. The van der Waals surface area contributed by atoms with E-state index in [-0.39, 0.29) is 0 Å². The number of rotatable bonds is 0. The first kappa shape index (κ1) is 6.68. The zero-order chi connectivity index (χ0) is 7.84. The monoisotopic (exact) mass is 164 g/mol. The molecule has 11 heavy (non-hydrogen) atoms. The van der Waals surface area contributed by atoms with Gasteiger partial charge in [-0.05, 0) is 13.0 Å². The fraction of sp³-hybridized carbons (Fsp3) is 0.125. The van der Waals surface area contributed by atoms with Crippen LogP contribution in [0.3, 0.4) is 0 Å². The highest BCUT2D eigenvalue weighted by molar-refractivity contribution is 6.50. The molecule has 0 saturated carbocycles. The minimum atomic E-state index is 0.685. The molecule has 0 aromatic carbocycles. The molecular weight excluding hydrogens is 160 g/mol. The number of pyridine rings is 1. The molecule has 1 aromatic heterocycles. The van der Waals surface area contributed by atoms with E-state index in [0.29, 0.717) is 10.9 Å². The molecule has 0 aliphatic carbocycles. The number of fused-ring (bicyclic) bond motifs is 1. The first-order valence-corrected chi connectivity index (χ1v) is 3.61. The quantitative estimate of drug-likeness (QED) is 0.577. The lowest BCUT2D eigenvalue weighted by Gasteiger charge is -1.92. The van der Waals surface area contributed by atoms with Gasteiger partial charge in [0.05, 0.1) is 10.7 Å². The van der Waals surface area contributed by atoms with E-state index in [1.807, 2.05) is 6.92 Å². The Bertz CT molecular complexity index is 331. The number of nitrogens with zero attached hydrogens (tertiary/aromatic N) is 2. The number of hydrogen-bond donors (Lipinski definition) is 0. The molecule has 0 saturated heterocycles. The van der Waals surface area contributed by atoms with Crippen LogP contribution in [0, 0.1) is 6.07 Å². The highest BCUT2D eigenvalue weighted by atomic mass is 35.5. The topological polar surface area (TPSA) is 27.0 Å². The Hall–Kier alpha value is -1.02. The van der Waals surface area contributed by atoms with Gasteiger partial charge in [0.15, 0.2) is 5.82 Å². The third-order valence-electron chi connectivity index (χ3n) is 1.56. The van der Waals surface area contributed by atoms with Crippen molar-refractivity contribution < 1.29 is 0 Å². The highest BCUT2D eigenvalue weighted by Crippen LogP contribution is 2.34. The van der Waals surface area contributed by atoms with Gasteiger partial charge in [-0.2, -0.15) is 0 Å². The molecule has 0 fully saturated rings. The summed E-state index contributed by atoms with van der Waals surface area (Å²) in [5, 5.41) is 4.83. The minimum Gasteiger partial charge on any atom is -0.236 e. The number of allylic oxidation sites excluding steroid dienone is 1. The summed E-state index contributed by atoms with van der Waals surface area (Å²) in [5.74, 6) is 0.700.